The van der Waals surface area contributed by atoms with Gasteiger partial charge in [-0.2, -0.15) is 0 Å². The van der Waals surface area contributed by atoms with Crippen LogP contribution in [0.2, 0.25) is 0 Å². The van der Waals surface area contributed by atoms with Gasteiger partial charge in [-0.3, -0.25) is 10.1 Å². The quantitative estimate of drug-likeness (QED) is 0.723. The van der Waals surface area contributed by atoms with Crippen LogP contribution in [0.25, 0.3) is 0 Å². The minimum absolute atomic E-state index is 0.0279. The van der Waals surface area contributed by atoms with Gasteiger partial charge < -0.3 is 10.0 Å². The second-order valence-corrected chi connectivity index (χ2v) is 9.67. The van der Waals surface area contributed by atoms with Gasteiger partial charge in [-0.25, -0.2) is 0 Å². The molecule has 3 rings (SSSR count). The summed E-state index contributed by atoms with van der Waals surface area (Å²) in [6, 6.07) is 19.6. The zero-order valence-corrected chi connectivity index (χ0v) is 18.8. The molecule has 1 unspecified atom stereocenters. The molecule has 0 aromatic heterocycles. The Kier molecular flexibility index (Phi) is 6.99. The number of nitrogens with zero attached hydrogens (tertiary/aromatic N) is 1. The maximum absolute atomic E-state index is 13.4. The minimum Gasteiger partial charge on any atom is -0.390 e. The van der Waals surface area contributed by atoms with Crippen LogP contribution in [0, 0.1) is 17.3 Å². The van der Waals surface area contributed by atoms with Crippen LogP contribution in [0.5, 0.6) is 0 Å². The molecule has 2 N–H and O–H groups in total. The largest absolute Gasteiger partial charge is 0.390 e. The van der Waals surface area contributed by atoms with Crippen LogP contribution in [-0.2, 0) is 17.8 Å². The number of aliphatic hydroxyl groups is 1. The van der Waals surface area contributed by atoms with Crippen molar-refractivity contribution in [3.63, 3.8) is 0 Å². The van der Waals surface area contributed by atoms with E-state index in [4.69, 9.17) is 0 Å². The number of benzene rings is 2. The summed E-state index contributed by atoms with van der Waals surface area (Å²) in [5, 5.41) is 14.9. The SMILES string of the molecule is CC(C)C1N[C@@H]([C@H](O)[C](Cc2ccccc2)C(C)(C)C)C(=O)N1Cc1ccccc1. The average Bonchev–Trinajstić information content (AvgIpc) is 3.03. The van der Waals surface area contributed by atoms with E-state index in [-0.39, 0.29) is 23.4 Å². The lowest BCUT2D eigenvalue weighted by Gasteiger charge is -2.36. The van der Waals surface area contributed by atoms with Crippen LogP contribution in [0.15, 0.2) is 60.7 Å². The molecule has 1 amide bonds. The third-order valence-corrected chi connectivity index (χ3v) is 5.94. The van der Waals surface area contributed by atoms with E-state index in [1.54, 1.807) is 0 Å². The van der Waals surface area contributed by atoms with Gasteiger partial charge in [0.05, 0.1) is 12.3 Å². The number of aliphatic hydroxyl groups excluding tert-OH is 1. The zero-order valence-electron chi connectivity index (χ0n) is 18.8. The van der Waals surface area contributed by atoms with Gasteiger partial charge in [0.15, 0.2) is 0 Å². The molecule has 30 heavy (non-hydrogen) atoms. The molecule has 1 heterocycles. The fourth-order valence-corrected chi connectivity index (χ4v) is 4.23. The number of hydrogen-bond acceptors (Lipinski definition) is 3. The summed E-state index contributed by atoms with van der Waals surface area (Å²) >= 11 is 0. The minimum atomic E-state index is -0.847. The first-order valence-corrected chi connectivity index (χ1v) is 10.9. The van der Waals surface area contributed by atoms with E-state index >= 15 is 0 Å². The Bertz CT molecular complexity index is 814. The van der Waals surface area contributed by atoms with E-state index in [1.807, 2.05) is 53.4 Å². The molecule has 1 radical (unpaired) electrons. The maximum atomic E-state index is 13.4. The molecule has 2 aromatic rings. The Hall–Kier alpha value is -2.17. The zero-order chi connectivity index (χ0) is 21.9. The first-order valence-electron chi connectivity index (χ1n) is 10.9. The van der Waals surface area contributed by atoms with Gasteiger partial charge in [0, 0.05) is 12.5 Å². The van der Waals surface area contributed by atoms with Crippen LogP contribution in [0.3, 0.4) is 0 Å². The average molecular weight is 408 g/mol. The summed E-state index contributed by atoms with van der Waals surface area (Å²) in [6.07, 6.45) is -0.294. The highest BCUT2D eigenvalue weighted by molar-refractivity contribution is 5.85. The molecule has 1 fully saturated rings. The number of hydrogen-bond donors (Lipinski definition) is 2. The van der Waals surface area contributed by atoms with Crippen molar-refractivity contribution < 1.29 is 9.90 Å². The van der Waals surface area contributed by atoms with Crippen molar-refractivity contribution in [2.45, 2.75) is 65.9 Å². The molecule has 2 aromatic carbocycles. The van der Waals surface area contributed by atoms with Crippen LogP contribution in [0.1, 0.15) is 45.7 Å². The molecule has 0 aliphatic carbocycles. The molecule has 4 nitrogen and oxygen atoms in total. The topological polar surface area (TPSA) is 52.6 Å². The Labute approximate surface area is 181 Å². The van der Waals surface area contributed by atoms with Gasteiger partial charge in [-0.15, -0.1) is 0 Å². The summed E-state index contributed by atoms with van der Waals surface area (Å²) in [5.74, 6) is 1.19. The van der Waals surface area contributed by atoms with E-state index in [9.17, 15) is 9.90 Å². The number of carbonyl (C=O) groups excluding carboxylic acids is 1. The van der Waals surface area contributed by atoms with Crippen LogP contribution >= 0.6 is 0 Å². The first-order chi connectivity index (χ1) is 14.2. The number of nitrogens with one attached hydrogen (secondary N) is 1. The fraction of sp³-hybridized carbons (Fsp3) is 0.462. The summed E-state index contributed by atoms with van der Waals surface area (Å²) in [7, 11) is 0. The second kappa shape index (κ2) is 9.32. The van der Waals surface area contributed by atoms with E-state index < -0.39 is 12.1 Å². The van der Waals surface area contributed by atoms with Crippen molar-refractivity contribution in [2.75, 3.05) is 0 Å². The number of carbonyl (C=O) groups is 1. The molecular formula is C26H35N2O2. The molecule has 0 spiro atoms. The lowest BCUT2D eigenvalue weighted by Crippen LogP contribution is -2.49. The fourth-order valence-electron chi connectivity index (χ4n) is 4.23. The number of amides is 1. The van der Waals surface area contributed by atoms with Crippen molar-refractivity contribution in [2.24, 2.45) is 11.3 Å². The highest BCUT2D eigenvalue weighted by atomic mass is 16.3. The predicted molar refractivity (Wildman–Crippen MR) is 121 cm³/mol. The second-order valence-electron chi connectivity index (χ2n) is 9.67. The molecule has 161 valence electrons. The van der Waals surface area contributed by atoms with E-state index in [2.05, 4.69) is 52.1 Å². The summed E-state index contributed by atoms with van der Waals surface area (Å²) < 4.78 is 0. The predicted octanol–water partition coefficient (Wildman–Crippen LogP) is 4.19. The summed E-state index contributed by atoms with van der Waals surface area (Å²) in [6.45, 7) is 11.1. The van der Waals surface area contributed by atoms with Gasteiger partial charge in [-0.1, -0.05) is 95.3 Å². The van der Waals surface area contributed by atoms with Crippen LogP contribution in [0.4, 0.5) is 0 Å². The standard InChI is InChI=1S/C26H35N2O2/c1-18(2)24-27-22(25(30)28(24)17-20-14-10-7-11-15-20)23(29)21(26(3,4)5)16-19-12-8-6-9-13-19/h6-15,18,22-24,27,29H,16-17H2,1-5H3/t22-,23+,24?/m0/s1. The molecule has 0 saturated carbocycles. The van der Waals surface area contributed by atoms with Gasteiger partial charge in [0.2, 0.25) is 5.91 Å². The van der Waals surface area contributed by atoms with Gasteiger partial charge in [0.25, 0.3) is 0 Å². The first kappa shape index (κ1) is 22.5. The third-order valence-electron chi connectivity index (χ3n) is 5.94. The Morgan fingerprint density at radius 2 is 1.53 bits per heavy atom. The maximum Gasteiger partial charge on any atom is 0.244 e. The monoisotopic (exact) mass is 407 g/mol. The molecule has 1 aliphatic heterocycles. The third kappa shape index (κ3) is 5.11. The number of rotatable bonds is 7. The van der Waals surface area contributed by atoms with Crippen molar-refractivity contribution in [3.05, 3.63) is 77.7 Å². The van der Waals surface area contributed by atoms with Crippen LogP contribution < -0.4 is 5.32 Å². The van der Waals surface area contributed by atoms with E-state index in [0.29, 0.717) is 13.0 Å². The van der Waals surface area contributed by atoms with Crippen LogP contribution in [-0.4, -0.2) is 34.2 Å². The molecular weight excluding hydrogens is 372 g/mol. The van der Waals surface area contributed by atoms with Crippen molar-refractivity contribution >= 4 is 5.91 Å². The normalized spacial score (nSPS) is 20.9. The van der Waals surface area contributed by atoms with Crippen molar-refractivity contribution in [3.8, 4) is 0 Å². The Balaban J connectivity index is 1.84. The van der Waals surface area contributed by atoms with Gasteiger partial charge in [0.1, 0.15) is 6.04 Å². The lowest BCUT2D eigenvalue weighted by molar-refractivity contribution is -0.133. The van der Waals surface area contributed by atoms with Crippen molar-refractivity contribution in [1.82, 2.24) is 10.2 Å². The molecule has 1 aliphatic rings. The summed E-state index contributed by atoms with van der Waals surface area (Å²) in [5.41, 5.74) is 2.02. The van der Waals surface area contributed by atoms with Crippen molar-refractivity contribution in [1.29, 1.82) is 0 Å². The van der Waals surface area contributed by atoms with E-state index in [1.165, 1.54) is 0 Å². The molecule has 0 bridgehead atoms. The van der Waals surface area contributed by atoms with E-state index in [0.717, 1.165) is 17.0 Å². The highest BCUT2D eigenvalue weighted by Crippen LogP contribution is 2.37. The Morgan fingerprint density at radius 3 is 2.03 bits per heavy atom. The molecule has 3 atom stereocenters. The lowest BCUT2D eigenvalue weighted by atomic mass is 9.72. The van der Waals surface area contributed by atoms with Gasteiger partial charge >= 0.3 is 0 Å². The summed E-state index contributed by atoms with van der Waals surface area (Å²) in [4.78, 5) is 15.3. The van der Waals surface area contributed by atoms with Gasteiger partial charge in [-0.05, 0) is 28.9 Å². The molecule has 1 saturated heterocycles. The highest BCUT2D eigenvalue weighted by Gasteiger charge is 2.47. The molecule has 4 heteroatoms. The Morgan fingerprint density at radius 1 is 1.00 bits per heavy atom. The smallest absolute Gasteiger partial charge is 0.244 e.